The molecule has 0 radical (unpaired) electrons. The van der Waals surface area contributed by atoms with E-state index < -0.39 is 11.6 Å². The van der Waals surface area contributed by atoms with Gasteiger partial charge in [0.25, 0.3) is 5.79 Å². The molecule has 0 fully saturated rings. The Bertz CT molecular complexity index is 1160. The molecule has 0 spiro atoms. The first kappa shape index (κ1) is 14.2. The molecule has 4 aromatic rings. The van der Waals surface area contributed by atoms with Crippen LogP contribution in [0.2, 0.25) is 0 Å². The molecule has 3 heteroatoms. The SMILES string of the molecule is O=C1c2c(ccc3ccccc23)OC1(O)c1ccc2ccccc2c1. The molecule has 3 nitrogen and oxygen atoms in total. The van der Waals surface area contributed by atoms with E-state index in [2.05, 4.69) is 0 Å². The third-order valence-corrected chi connectivity index (χ3v) is 4.82. The van der Waals surface area contributed by atoms with Crippen molar-refractivity contribution in [3.63, 3.8) is 0 Å². The fraction of sp³-hybridized carbons (Fsp3) is 0.0455. The van der Waals surface area contributed by atoms with Gasteiger partial charge in [0.05, 0.1) is 5.56 Å². The number of carbonyl (C=O) groups excluding carboxylic acids is 1. The van der Waals surface area contributed by atoms with E-state index in [1.165, 1.54) is 0 Å². The van der Waals surface area contributed by atoms with Gasteiger partial charge in [-0.25, -0.2) is 0 Å². The van der Waals surface area contributed by atoms with Gasteiger partial charge < -0.3 is 9.84 Å². The molecule has 5 rings (SSSR count). The second kappa shape index (κ2) is 4.91. The van der Waals surface area contributed by atoms with Crippen LogP contribution in [0.3, 0.4) is 0 Å². The summed E-state index contributed by atoms with van der Waals surface area (Å²) in [5.41, 5.74) is 0.880. The maximum Gasteiger partial charge on any atom is 0.300 e. The summed E-state index contributed by atoms with van der Waals surface area (Å²) in [5.74, 6) is -2.00. The number of hydrogen-bond donors (Lipinski definition) is 1. The van der Waals surface area contributed by atoms with Crippen LogP contribution >= 0.6 is 0 Å². The lowest BCUT2D eigenvalue weighted by Gasteiger charge is -2.21. The van der Waals surface area contributed by atoms with E-state index in [9.17, 15) is 9.90 Å². The van der Waals surface area contributed by atoms with E-state index in [1.54, 1.807) is 18.2 Å². The summed E-state index contributed by atoms with van der Waals surface area (Å²) in [6.07, 6.45) is 0. The molecule has 0 bridgehead atoms. The number of rotatable bonds is 1. The van der Waals surface area contributed by atoms with Gasteiger partial charge >= 0.3 is 0 Å². The quantitative estimate of drug-likeness (QED) is 0.563. The number of aliphatic hydroxyl groups is 1. The van der Waals surface area contributed by atoms with Crippen LogP contribution < -0.4 is 4.74 Å². The highest BCUT2D eigenvalue weighted by atomic mass is 16.6. The zero-order valence-electron chi connectivity index (χ0n) is 13.3. The highest BCUT2D eigenvalue weighted by molar-refractivity contribution is 6.16. The first-order valence-electron chi connectivity index (χ1n) is 8.14. The lowest BCUT2D eigenvalue weighted by molar-refractivity contribution is -0.0958. The molecular weight excluding hydrogens is 312 g/mol. The minimum absolute atomic E-state index is 0.416. The molecule has 0 aliphatic carbocycles. The largest absolute Gasteiger partial charge is 0.450 e. The summed E-state index contributed by atoms with van der Waals surface area (Å²) in [7, 11) is 0. The van der Waals surface area contributed by atoms with Gasteiger partial charge in [-0.15, -0.1) is 0 Å². The van der Waals surface area contributed by atoms with Gasteiger partial charge in [-0.2, -0.15) is 0 Å². The Labute approximate surface area is 144 Å². The monoisotopic (exact) mass is 326 g/mol. The Hall–Kier alpha value is -3.17. The van der Waals surface area contributed by atoms with Crippen molar-refractivity contribution in [2.45, 2.75) is 5.79 Å². The molecule has 1 aliphatic rings. The number of ether oxygens (including phenoxy) is 1. The highest BCUT2D eigenvalue weighted by Crippen LogP contribution is 2.43. The third kappa shape index (κ3) is 1.93. The van der Waals surface area contributed by atoms with Crippen LogP contribution in [0.25, 0.3) is 21.5 Å². The molecule has 0 amide bonds. The summed E-state index contributed by atoms with van der Waals surface area (Å²) >= 11 is 0. The van der Waals surface area contributed by atoms with E-state index in [0.717, 1.165) is 21.5 Å². The maximum atomic E-state index is 13.1. The highest BCUT2D eigenvalue weighted by Gasteiger charge is 2.49. The average molecular weight is 326 g/mol. The van der Waals surface area contributed by atoms with Crippen molar-refractivity contribution in [2.75, 3.05) is 0 Å². The summed E-state index contributed by atoms with van der Waals surface area (Å²) in [6, 6.07) is 24.5. The number of fused-ring (bicyclic) bond motifs is 4. The standard InChI is InChI=1S/C22H14O3/c23-21-20-18-8-4-3-6-15(18)10-12-19(20)25-22(21,24)17-11-9-14-5-1-2-7-16(14)13-17/h1-13,24H. The van der Waals surface area contributed by atoms with E-state index in [0.29, 0.717) is 16.9 Å². The van der Waals surface area contributed by atoms with Gasteiger partial charge in [-0.1, -0.05) is 66.7 Å². The Balaban J connectivity index is 1.71. The predicted molar refractivity (Wildman–Crippen MR) is 96.8 cm³/mol. The number of ketones is 1. The second-order valence-corrected chi connectivity index (χ2v) is 6.30. The number of benzene rings is 4. The average Bonchev–Trinajstić information content (AvgIpc) is 2.93. The lowest BCUT2D eigenvalue weighted by Crippen LogP contribution is -2.36. The molecular formula is C22H14O3. The van der Waals surface area contributed by atoms with Gasteiger partial charge in [0.15, 0.2) is 0 Å². The minimum atomic E-state index is -1.99. The van der Waals surface area contributed by atoms with Crippen molar-refractivity contribution >= 4 is 27.3 Å². The van der Waals surface area contributed by atoms with Crippen molar-refractivity contribution in [1.82, 2.24) is 0 Å². The molecule has 1 heterocycles. The smallest absolute Gasteiger partial charge is 0.300 e. The van der Waals surface area contributed by atoms with Crippen LogP contribution in [0.5, 0.6) is 5.75 Å². The molecule has 1 atom stereocenters. The van der Waals surface area contributed by atoms with Gasteiger partial charge in [-0.3, -0.25) is 4.79 Å². The third-order valence-electron chi connectivity index (χ3n) is 4.82. The predicted octanol–water partition coefficient (Wildman–Crippen LogP) is 4.41. The molecule has 1 aliphatic heterocycles. The first-order chi connectivity index (χ1) is 12.2. The number of carbonyl (C=O) groups is 1. The summed E-state index contributed by atoms with van der Waals surface area (Å²) in [5, 5.41) is 14.8. The molecule has 120 valence electrons. The van der Waals surface area contributed by atoms with Gasteiger partial charge in [-0.05, 0) is 33.7 Å². The second-order valence-electron chi connectivity index (χ2n) is 6.30. The maximum absolute atomic E-state index is 13.1. The fourth-order valence-electron chi connectivity index (χ4n) is 3.54. The Kier molecular flexibility index (Phi) is 2.79. The molecule has 25 heavy (non-hydrogen) atoms. The van der Waals surface area contributed by atoms with Crippen molar-refractivity contribution in [1.29, 1.82) is 0 Å². The van der Waals surface area contributed by atoms with Gasteiger partial charge in [0, 0.05) is 5.56 Å². The lowest BCUT2D eigenvalue weighted by atomic mass is 9.93. The molecule has 1 N–H and O–H groups in total. The Morgan fingerprint density at radius 3 is 2.28 bits per heavy atom. The molecule has 0 saturated heterocycles. The van der Waals surface area contributed by atoms with Gasteiger partial charge in [0.2, 0.25) is 5.78 Å². The number of hydrogen-bond acceptors (Lipinski definition) is 3. The van der Waals surface area contributed by atoms with Crippen molar-refractivity contribution in [3.8, 4) is 5.75 Å². The summed E-state index contributed by atoms with van der Waals surface area (Å²) < 4.78 is 5.76. The normalized spacial score (nSPS) is 19.2. The van der Waals surface area contributed by atoms with E-state index in [4.69, 9.17) is 4.74 Å². The van der Waals surface area contributed by atoms with Crippen molar-refractivity contribution < 1.29 is 14.6 Å². The van der Waals surface area contributed by atoms with Crippen LogP contribution in [0.15, 0.2) is 78.9 Å². The molecule has 0 saturated carbocycles. The van der Waals surface area contributed by atoms with E-state index in [1.807, 2.05) is 60.7 Å². The molecule has 1 unspecified atom stereocenters. The van der Waals surface area contributed by atoms with Crippen molar-refractivity contribution in [2.24, 2.45) is 0 Å². The van der Waals surface area contributed by atoms with E-state index >= 15 is 0 Å². The van der Waals surface area contributed by atoms with Crippen LogP contribution in [0.4, 0.5) is 0 Å². The van der Waals surface area contributed by atoms with E-state index in [-0.39, 0.29) is 0 Å². The van der Waals surface area contributed by atoms with Gasteiger partial charge in [0.1, 0.15) is 5.75 Å². The van der Waals surface area contributed by atoms with Crippen LogP contribution in [0, 0.1) is 0 Å². The first-order valence-corrected chi connectivity index (χ1v) is 8.14. The van der Waals surface area contributed by atoms with Crippen LogP contribution in [0.1, 0.15) is 15.9 Å². The summed E-state index contributed by atoms with van der Waals surface area (Å²) in [6.45, 7) is 0. The molecule has 4 aromatic carbocycles. The van der Waals surface area contributed by atoms with Crippen LogP contribution in [-0.2, 0) is 5.79 Å². The van der Waals surface area contributed by atoms with Crippen LogP contribution in [-0.4, -0.2) is 10.9 Å². The fourth-order valence-corrected chi connectivity index (χ4v) is 3.54. The summed E-state index contributed by atoms with van der Waals surface area (Å²) in [4.78, 5) is 13.1. The molecule has 0 aromatic heterocycles. The van der Waals surface area contributed by atoms with Crippen molar-refractivity contribution in [3.05, 3.63) is 90.0 Å². The number of Topliss-reactive ketones (excluding diaryl/α,β-unsaturated/α-hetero) is 1. The zero-order chi connectivity index (χ0) is 17.0. The Morgan fingerprint density at radius 1 is 0.760 bits per heavy atom. The Morgan fingerprint density at radius 2 is 1.44 bits per heavy atom. The minimum Gasteiger partial charge on any atom is -0.450 e. The zero-order valence-corrected chi connectivity index (χ0v) is 13.3. The topological polar surface area (TPSA) is 46.5 Å².